The van der Waals surface area contributed by atoms with Crippen molar-refractivity contribution in [1.29, 1.82) is 0 Å². The van der Waals surface area contributed by atoms with Crippen molar-refractivity contribution >= 4 is 33.3 Å². The van der Waals surface area contributed by atoms with Gasteiger partial charge in [-0.25, -0.2) is 0 Å². The summed E-state index contributed by atoms with van der Waals surface area (Å²) in [6, 6.07) is 0. The molecule has 0 aromatic rings. The fourth-order valence-corrected chi connectivity index (χ4v) is 0. The molecule has 0 heterocycles. The molecule has 0 fully saturated rings. The van der Waals surface area contributed by atoms with Gasteiger partial charge >= 0.3 is 76.8 Å². The predicted molar refractivity (Wildman–Crippen MR) is 41.5 cm³/mol. The first kappa shape index (κ1) is 48.9. The van der Waals surface area contributed by atoms with Gasteiger partial charge in [-0.1, -0.05) is 0 Å². The van der Waals surface area contributed by atoms with Crippen molar-refractivity contribution in [3.05, 3.63) is 0 Å². The third-order valence-electron chi connectivity index (χ3n) is 0. The van der Waals surface area contributed by atoms with Crippen molar-refractivity contribution in [1.82, 2.24) is 0 Å². The van der Waals surface area contributed by atoms with Crippen LogP contribution in [0.25, 0.3) is 0 Å². The number of halogens is 4. The topological polar surface area (TPSA) is 158 Å². The quantitative estimate of drug-likeness (QED) is 0.394. The second-order valence-electron chi connectivity index (χ2n) is 0.202. The van der Waals surface area contributed by atoms with Crippen LogP contribution in [0.5, 0.6) is 0 Å². The van der Waals surface area contributed by atoms with Crippen LogP contribution in [0.3, 0.4) is 0 Å². The SMILES string of the molecule is O.O.O.O.O.[Cl][Cd][Cl].[Cl][Cd][Cl]. The van der Waals surface area contributed by atoms with E-state index in [-0.39, 0.29) is 27.4 Å². The molecule has 0 bridgehead atoms. The van der Waals surface area contributed by atoms with Gasteiger partial charge in [-0.05, 0) is 0 Å². The monoisotopic (exact) mass is 458 g/mol. The molecular formula is H10Cd2Cl4O5. The maximum atomic E-state index is 4.97. The van der Waals surface area contributed by atoms with Crippen LogP contribution in [0.15, 0.2) is 0 Å². The van der Waals surface area contributed by atoms with Crippen LogP contribution in [0.4, 0.5) is 0 Å². The number of hydrogen-bond donors (Lipinski definition) is 0. The van der Waals surface area contributed by atoms with Gasteiger partial charge in [-0.15, -0.1) is 0 Å². The Labute approximate surface area is 103 Å². The molecule has 0 atom stereocenters. The first-order valence-corrected chi connectivity index (χ1v) is 21.5. The average Bonchev–Trinajstić information content (AvgIpc) is 1.39. The molecule has 0 rings (SSSR count). The summed E-state index contributed by atoms with van der Waals surface area (Å²) in [5.74, 6) is 0. The first-order valence-electron chi connectivity index (χ1n) is 1.07. The Morgan fingerprint density at radius 3 is 0.455 bits per heavy atom. The minimum atomic E-state index is -1.07. The summed E-state index contributed by atoms with van der Waals surface area (Å²) in [5, 5.41) is 0. The Morgan fingerprint density at radius 1 is 0.455 bits per heavy atom. The molecule has 0 aliphatic carbocycles. The van der Waals surface area contributed by atoms with Crippen molar-refractivity contribution in [2.45, 2.75) is 0 Å². The van der Waals surface area contributed by atoms with Crippen molar-refractivity contribution in [3.63, 3.8) is 0 Å². The minimum absolute atomic E-state index is 0. The zero-order chi connectivity index (χ0) is 5.41. The van der Waals surface area contributed by atoms with E-state index < -0.39 is 43.6 Å². The summed E-state index contributed by atoms with van der Waals surface area (Å²) < 4.78 is 0. The van der Waals surface area contributed by atoms with Crippen molar-refractivity contribution in [3.8, 4) is 0 Å². The maximum absolute atomic E-state index is 4.97. The van der Waals surface area contributed by atoms with Gasteiger partial charge in [0.05, 0.1) is 0 Å². The Hall–Kier alpha value is 2.80. The summed E-state index contributed by atoms with van der Waals surface area (Å²) in [6.45, 7) is 0. The molecule has 0 aliphatic heterocycles. The van der Waals surface area contributed by atoms with E-state index >= 15 is 0 Å². The summed E-state index contributed by atoms with van der Waals surface area (Å²) in [4.78, 5) is 0. The molecule has 10 N–H and O–H groups in total. The second kappa shape index (κ2) is 77.3. The Morgan fingerprint density at radius 2 is 0.455 bits per heavy atom. The molecule has 72 valence electrons. The van der Waals surface area contributed by atoms with E-state index in [1.54, 1.807) is 0 Å². The van der Waals surface area contributed by atoms with Gasteiger partial charge in [0.15, 0.2) is 0 Å². The average molecular weight is 457 g/mol. The molecule has 5 nitrogen and oxygen atoms in total. The third kappa shape index (κ3) is 190. The van der Waals surface area contributed by atoms with E-state index in [9.17, 15) is 0 Å². The van der Waals surface area contributed by atoms with Crippen molar-refractivity contribution in [2.75, 3.05) is 0 Å². The normalized spacial score (nSPS) is 1.82. The van der Waals surface area contributed by atoms with Crippen LogP contribution >= 0.6 is 33.3 Å². The fraction of sp³-hybridized carbons (Fsp3) is 0. The van der Waals surface area contributed by atoms with Gasteiger partial charge in [0, 0.05) is 0 Å². The van der Waals surface area contributed by atoms with E-state index in [0.717, 1.165) is 0 Å². The van der Waals surface area contributed by atoms with E-state index in [1.165, 1.54) is 0 Å². The van der Waals surface area contributed by atoms with Crippen LogP contribution in [-0.2, 0) is 43.6 Å². The molecular weight excluding hydrogens is 447 g/mol. The molecule has 0 amide bonds. The third-order valence-corrected chi connectivity index (χ3v) is 0. The summed E-state index contributed by atoms with van der Waals surface area (Å²) in [5.41, 5.74) is 0. The van der Waals surface area contributed by atoms with Gasteiger partial charge < -0.3 is 27.4 Å². The van der Waals surface area contributed by atoms with Gasteiger partial charge in [0.2, 0.25) is 0 Å². The molecule has 0 saturated heterocycles. The molecule has 11 heteroatoms. The summed E-state index contributed by atoms with van der Waals surface area (Å²) in [7, 11) is 19.9. The summed E-state index contributed by atoms with van der Waals surface area (Å²) in [6.07, 6.45) is 0. The van der Waals surface area contributed by atoms with E-state index in [2.05, 4.69) is 0 Å². The van der Waals surface area contributed by atoms with Crippen LogP contribution < -0.4 is 0 Å². The van der Waals surface area contributed by atoms with E-state index in [0.29, 0.717) is 0 Å². The Kier molecular flexibility index (Phi) is 344. The predicted octanol–water partition coefficient (Wildman–Crippen LogP) is -1.37. The van der Waals surface area contributed by atoms with Gasteiger partial charge in [-0.3, -0.25) is 0 Å². The molecule has 0 aromatic carbocycles. The van der Waals surface area contributed by atoms with Gasteiger partial charge in [0.25, 0.3) is 0 Å². The number of hydrogen-bond acceptors (Lipinski definition) is 0. The van der Waals surface area contributed by atoms with E-state index in [4.69, 9.17) is 33.3 Å². The van der Waals surface area contributed by atoms with Gasteiger partial charge in [-0.2, -0.15) is 0 Å². The zero-order valence-electron chi connectivity index (χ0n) is 5.43. The molecule has 0 aromatic heterocycles. The van der Waals surface area contributed by atoms with Gasteiger partial charge in [0.1, 0.15) is 0 Å². The van der Waals surface area contributed by atoms with E-state index in [1.807, 2.05) is 0 Å². The fourth-order valence-electron chi connectivity index (χ4n) is 0. The van der Waals surface area contributed by atoms with Crippen LogP contribution in [0, 0.1) is 0 Å². The van der Waals surface area contributed by atoms with Crippen LogP contribution in [0.1, 0.15) is 0 Å². The Bertz CT molecular complexity index is 18.4. The molecule has 0 aliphatic rings. The molecule has 0 radical (unpaired) electrons. The zero-order valence-corrected chi connectivity index (χ0v) is 16.5. The Balaban J connectivity index is -0.00000000400. The van der Waals surface area contributed by atoms with Crippen LogP contribution in [-0.4, -0.2) is 27.4 Å². The molecule has 11 heavy (non-hydrogen) atoms. The second-order valence-corrected chi connectivity index (χ2v) is 12.2. The van der Waals surface area contributed by atoms with Crippen LogP contribution in [0.2, 0.25) is 0 Å². The molecule has 0 spiro atoms. The van der Waals surface area contributed by atoms with Crippen molar-refractivity contribution < 1.29 is 71.0 Å². The number of rotatable bonds is 0. The standard InChI is InChI=1S/2Cd.4ClH.5H2O/h;;4*1H;5*1H2/q2*+2;;;;;;;;;/p-4. The first-order chi connectivity index (χ1) is 2.83. The molecule has 0 saturated carbocycles. The summed E-state index contributed by atoms with van der Waals surface area (Å²) >= 11 is -2.13. The van der Waals surface area contributed by atoms with Crippen molar-refractivity contribution in [2.24, 2.45) is 0 Å². The molecule has 0 unspecified atom stereocenters.